The summed E-state index contributed by atoms with van der Waals surface area (Å²) in [6.07, 6.45) is 11.9. The van der Waals surface area contributed by atoms with Gasteiger partial charge in [0.15, 0.2) is 0 Å². The summed E-state index contributed by atoms with van der Waals surface area (Å²) in [7, 11) is 0. The van der Waals surface area contributed by atoms with Crippen LogP contribution in [0, 0.1) is 5.92 Å². The van der Waals surface area contributed by atoms with E-state index in [1.165, 1.54) is 51.4 Å². The average Bonchev–Trinajstić information content (AvgIpc) is 2.37. The Morgan fingerprint density at radius 2 is 1.55 bits per heavy atom. The molecule has 120 valence electrons. The molecule has 0 saturated heterocycles. The number of halogens is 1. The highest BCUT2D eigenvalue weighted by Gasteiger charge is 2.11. The fourth-order valence-electron chi connectivity index (χ4n) is 2.43. The quantitative estimate of drug-likeness (QED) is 0.236. The van der Waals surface area contributed by atoms with Gasteiger partial charge in [-0.3, -0.25) is 4.79 Å². The molecule has 0 aromatic rings. The zero-order chi connectivity index (χ0) is 15.2. The van der Waals surface area contributed by atoms with Gasteiger partial charge in [-0.25, -0.2) is 0 Å². The molecule has 0 rings (SSSR count). The Bertz CT molecular complexity index is 219. The molecule has 0 aliphatic rings. The largest absolute Gasteiger partial charge is 0.466 e. The summed E-state index contributed by atoms with van der Waals surface area (Å²) in [6, 6.07) is 0. The molecule has 1 unspecified atom stereocenters. The maximum Gasteiger partial charge on any atom is 0.306 e. The predicted octanol–water partition coefficient (Wildman–Crippen LogP) is 5.87. The van der Waals surface area contributed by atoms with Gasteiger partial charge in [-0.1, -0.05) is 88.1 Å². The standard InChI is InChI=1S/C17H33BrO2/c1-4-6-8-10-16(11-9-7-5-2)12-13-20-17(19)14-15(3)18/h15-16H,4-14H2,1-3H3. The first-order chi connectivity index (χ1) is 9.60. The van der Waals surface area contributed by atoms with Crippen LogP contribution in [-0.4, -0.2) is 17.4 Å². The lowest BCUT2D eigenvalue weighted by atomic mass is 9.92. The highest BCUT2D eigenvalue weighted by atomic mass is 79.9. The van der Waals surface area contributed by atoms with Crippen molar-refractivity contribution < 1.29 is 9.53 Å². The molecule has 0 fully saturated rings. The zero-order valence-corrected chi connectivity index (χ0v) is 15.2. The van der Waals surface area contributed by atoms with Crippen LogP contribution in [0.3, 0.4) is 0 Å². The number of unbranched alkanes of at least 4 members (excludes halogenated alkanes) is 4. The monoisotopic (exact) mass is 348 g/mol. The summed E-state index contributed by atoms with van der Waals surface area (Å²) in [5.74, 6) is 0.664. The van der Waals surface area contributed by atoms with Crippen LogP contribution >= 0.6 is 15.9 Å². The lowest BCUT2D eigenvalue weighted by Gasteiger charge is -2.17. The van der Waals surface area contributed by atoms with Gasteiger partial charge in [-0.2, -0.15) is 0 Å². The molecule has 0 radical (unpaired) electrons. The lowest BCUT2D eigenvalue weighted by Crippen LogP contribution is -2.12. The number of carbonyl (C=O) groups excluding carboxylic acids is 1. The Morgan fingerprint density at radius 1 is 1.00 bits per heavy atom. The molecule has 0 aliphatic heterocycles. The molecule has 0 saturated carbocycles. The van der Waals surface area contributed by atoms with E-state index in [9.17, 15) is 4.79 Å². The number of hydrogen-bond donors (Lipinski definition) is 0. The van der Waals surface area contributed by atoms with Crippen molar-refractivity contribution in [1.29, 1.82) is 0 Å². The van der Waals surface area contributed by atoms with Crippen molar-refractivity contribution in [3.8, 4) is 0 Å². The van der Waals surface area contributed by atoms with Crippen LogP contribution in [0.2, 0.25) is 0 Å². The lowest BCUT2D eigenvalue weighted by molar-refractivity contribution is -0.143. The first kappa shape index (κ1) is 19.9. The van der Waals surface area contributed by atoms with Gasteiger partial charge in [0.2, 0.25) is 0 Å². The van der Waals surface area contributed by atoms with Gasteiger partial charge in [0, 0.05) is 4.83 Å². The van der Waals surface area contributed by atoms with Gasteiger partial charge in [0.25, 0.3) is 0 Å². The molecule has 0 aromatic carbocycles. The van der Waals surface area contributed by atoms with Gasteiger partial charge < -0.3 is 4.74 Å². The maximum absolute atomic E-state index is 11.5. The number of alkyl halides is 1. The molecule has 20 heavy (non-hydrogen) atoms. The van der Waals surface area contributed by atoms with E-state index in [0.29, 0.717) is 13.0 Å². The molecule has 0 aromatic heterocycles. The third-order valence-corrected chi connectivity index (χ3v) is 3.99. The van der Waals surface area contributed by atoms with Gasteiger partial charge in [0.1, 0.15) is 0 Å². The molecule has 2 nitrogen and oxygen atoms in total. The molecular formula is C17H33BrO2. The van der Waals surface area contributed by atoms with Gasteiger partial charge >= 0.3 is 5.97 Å². The normalized spacial score (nSPS) is 12.7. The molecule has 0 amide bonds. The van der Waals surface area contributed by atoms with Crippen molar-refractivity contribution in [1.82, 2.24) is 0 Å². The minimum atomic E-state index is -0.0739. The molecule has 0 aliphatic carbocycles. The molecule has 3 heteroatoms. The Balaban J connectivity index is 3.85. The second-order valence-electron chi connectivity index (χ2n) is 5.85. The molecular weight excluding hydrogens is 316 g/mol. The third kappa shape index (κ3) is 13.0. The van der Waals surface area contributed by atoms with E-state index in [4.69, 9.17) is 4.74 Å². The average molecular weight is 349 g/mol. The van der Waals surface area contributed by atoms with E-state index in [1.54, 1.807) is 0 Å². The molecule has 0 N–H and O–H groups in total. The van der Waals surface area contributed by atoms with E-state index in [-0.39, 0.29) is 10.8 Å². The Morgan fingerprint density at radius 3 is 2.00 bits per heavy atom. The smallest absolute Gasteiger partial charge is 0.306 e. The van der Waals surface area contributed by atoms with E-state index in [0.717, 1.165) is 12.3 Å². The van der Waals surface area contributed by atoms with E-state index in [1.807, 2.05) is 6.92 Å². The topological polar surface area (TPSA) is 26.3 Å². The molecule has 0 bridgehead atoms. The summed E-state index contributed by atoms with van der Waals surface area (Å²) >= 11 is 3.38. The van der Waals surface area contributed by atoms with Crippen LogP contribution in [-0.2, 0) is 9.53 Å². The highest BCUT2D eigenvalue weighted by Crippen LogP contribution is 2.21. The third-order valence-electron chi connectivity index (χ3n) is 3.67. The van der Waals surface area contributed by atoms with E-state index in [2.05, 4.69) is 29.8 Å². The van der Waals surface area contributed by atoms with Crippen molar-refractivity contribution in [3.63, 3.8) is 0 Å². The zero-order valence-electron chi connectivity index (χ0n) is 13.6. The van der Waals surface area contributed by atoms with Crippen LogP contribution in [0.25, 0.3) is 0 Å². The number of esters is 1. The number of carbonyl (C=O) groups is 1. The first-order valence-corrected chi connectivity index (χ1v) is 9.31. The van der Waals surface area contributed by atoms with Crippen molar-refractivity contribution in [2.45, 2.75) is 89.8 Å². The molecule has 0 heterocycles. The second-order valence-corrected chi connectivity index (χ2v) is 7.41. The number of ether oxygens (including phenoxy) is 1. The van der Waals surface area contributed by atoms with Crippen LogP contribution in [0.5, 0.6) is 0 Å². The van der Waals surface area contributed by atoms with Gasteiger partial charge in [-0.05, 0) is 12.3 Å². The van der Waals surface area contributed by atoms with Gasteiger partial charge in [0.05, 0.1) is 13.0 Å². The van der Waals surface area contributed by atoms with Crippen LogP contribution in [0.4, 0.5) is 0 Å². The SMILES string of the molecule is CCCCCC(CCCCC)CCOC(=O)CC(C)Br. The van der Waals surface area contributed by atoms with E-state index < -0.39 is 0 Å². The molecule has 0 spiro atoms. The van der Waals surface area contributed by atoms with Crippen LogP contribution in [0.1, 0.15) is 85.0 Å². The first-order valence-electron chi connectivity index (χ1n) is 8.39. The Hall–Kier alpha value is -0.0500. The fourth-order valence-corrected chi connectivity index (χ4v) is 2.69. The van der Waals surface area contributed by atoms with Gasteiger partial charge in [-0.15, -0.1) is 0 Å². The highest BCUT2D eigenvalue weighted by molar-refractivity contribution is 9.09. The number of hydrogen-bond acceptors (Lipinski definition) is 2. The van der Waals surface area contributed by atoms with Crippen molar-refractivity contribution in [2.75, 3.05) is 6.61 Å². The summed E-state index contributed by atoms with van der Waals surface area (Å²) in [6.45, 7) is 7.06. The second kappa shape index (κ2) is 13.9. The minimum absolute atomic E-state index is 0.0739. The summed E-state index contributed by atoms with van der Waals surface area (Å²) in [5.41, 5.74) is 0. The minimum Gasteiger partial charge on any atom is -0.466 e. The Kier molecular flexibility index (Phi) is 13.9. The van der Waals surface area contributed by atoms with Crippen molar-refractivity contribution in [3.05, 3.63) is 0 Å². The van der Waals surface area contributed by atoms with Crippen LogP contribution < -0.4 is 0 Å². The summed E-state index contributed by atoms with van der Waals surface area (Å²) < 4.78 is 5.33. The fraction of sp³-hybridized carbons (Fsp3) is 0.941. The molecule has 1 atom stereocenters. The van der Waals surface area contributed by atoms with E-state index >= 15 is 0 Å². The van der Waals surface area contributed by atoms with Crippen molar-refractivity contribution >= 4 is 21.9 Å². The maximum atomic E-state index is 11.5. The Labute approximate surface area is 134 Å². The summed E-state index contributed by atoms with van der Waals surface area (Å²) in [4.78, 5) is 11.7. The van der Waals surface area contributed by atoms with Crippen molar-refractivity contribution in [2.24, 2.45) is 5.92 Å². The predicted molar refractivity (Wildman–Crippen MR) is 90.4 cm³/mol. The summed E-state index contributed by atoms with van der Waals surface area (Å²) in [5, 5.41) is 0. The number of rotatable bonds is 13. The van der Waals surface area contributed by atoms with Crippen LogP contribution in [0.15, 0.2) is 0 Å².